The first-order valence-corrected chi connectivity index (χ1v) is 12.2. The van der Waals surface area contributed by atoms with Gasteiger partial charge in [-0.3, -0.25) is 0 Å². The number of phenolic OH excluding ortho intramolecular Hbond substituents is 1. The van der Waals surface area contributed by atoms with E-state index in [0.717, 1.165) is 52.0 Å². The summed E-state index contributed by atoms with van der Waals surface area (Å²) in [7, 11) is 0. The normalized spacial score (nSPS) is 22.7. The molecule has 32 heavy (non-hydrogen) atoms. The van der Waals surface area contributed by atoms with E-state index in [9.17, 15) is 10.2 Å². The molecule has 1 aliphatic heterocycles. The Morgan fingerprint density at radius 1 is 1.06 bits per heavy atom. The van der Waals surface area contributed by atoms with E-state index in [2.05, 4.69) is 17.1 Å². The maximum atomic E-state index is 10.1. The van der Waals surface area contributed by atoms with Crippen LogP contribution in [0.15, 0.2) is 54.3 Å². The molecular formula is C26H29NO4S. The average Bonchev–Trinajstić information content (AvgIpc) is 3.43. The predicted molar refractivity (Wildman–Crippen MR) is 128 cm³/mol. The number of rotatable bonds is 7. The van der Waals surface area contributed by atoms with Crippen molar-refractivity contribution < 1.29 is 19.7 Å². The average molecular weight is 452 g/mol. The lowest BCUT2D eigenvalue weighted by atomic mass is 10.0. The zero-order valence-electron chi connectivity index (χ0n) is 18.1. The number of aliphatic hydroxyl groups excluding tert-OH is 1. The van der Waals surface area contributed by atoms with Crippen molar-refractivity contribution in [2.24, 2.45) is 0 Å². The number of allylic oxidation sites excluding steroid dienone is 1. The van der Waals surface area contributed by atoms with E-state index in [1.807, 2.05) is 30.4 Å². The zero-order chi connectivity index (χ0) is 21.9. The molecule has 168 valence electrons. The quantitative estimate of drug-likeness (QED) is 0.636. The number of ether oxygens (including phenoxy) is 2. The van der Waals surface area contributed by atoms with Gasteiger partial charge in [-0.2, -0.15) is 0 Å². The van der Waals surface area contributed by atoms with Gasteiger partial charge in [0.15, 0.2) is 5.75 Å². The lowest BCUT2D eigenvalue weighted by Gasteiger charge is -2.20. The summed E-state index contributed by atoms with van der Waals surface area (Å²) in [6.45, 7) is 4.16. The number of fused-ring (bicyclic) bond motifs is 1. The van der Waals surface area contributed by atoms with Gasteiger partial charge in [0, 0.05) is 23.4 Å². The van der Waals surface area contributed by atoms with Crippen molar-refractivity contribution in [2.45, 2.75) is 37.9 Å². The van der Waals surface area contributed by atoms with Crippen LogP contribution in [0.5, 0.6) is 11.5 Å². The van der Waals surface area contributed by atoms with Crippen LogP contribution in [0.25, 0.3) is 16.5 Å². The lowest BCUT2D eigenvalue weighted by molar-refractivity contribution is 0.0694. The Morgan fingerprint density at radius 3 is 2.62 bits per heavy atom. The standard InChI is InChI=1S/C26H29NO4S/c28-19-5-3-18(4-6-19)26-25(23-12-7-20(29)17-24(23)32-26)31-22-10-8-21(9-11-22)30-16-15-27-13-1-2-14-27/h3-8,10-12,20-21,28-29H,1-2,9,13-17H2/t20?,21-/m1/s1. The van der Waals surface area contributed by atoms with Crippen LogP contribution in [-0.2, 0) is 11.2 Å². The number of hydrogen-bond donors (Lipinski definition) is 2. The third-order valence-electron chi connectivity index (χ3n) is 6.17. The highest BCUT2D eigenvalue weighted by atomic mass is 32.1. The smallest absolute Gasteiger partial charge is 0.153 e. The number of phenols is 1. The van der Waals surface area contributed by atoms with Crippen LogP contribution >= 0.6 is 11.3 Å². The highest BCUT2D eigenvalue weighted by molar-refractivity contribution is 7.16. The maximum absolute atomic E-state index is 10.1. The van der Waals surface area contributed by atoms with Gasteiger partial charge in [-0.15, -0.1) is 11.3 Å². The van der Waals surface area contributed by atoms with E-state index in [4.69, 9.17) is 9.47 Å². The van der Waals surface area contributed by atoms with Crippen molar-refractivity contribution in [3.8, 4) is 21.9 Å². The van der Waals surface area contributed by atoms with Crippen LogP contribution < -0.4 is 4.74 Å². The molecule has 1 saturated heterocycles. The van der Waals surface area contributed by atoms with Gasteiger partial charge >= 0.3 is 0 Å². The van der Waals surface area contributed by atoms with Crippen LogP contribution in [-0.4, -0.2) is 53.6 Å². The Bertz CT molecular complexity index is 1030. The summed E-state index contributed by atoms with van der Waals surface area (Å²) >= 11 is 1.64. The Balaban J connectivity index is 1.29. The first-order valence-electron chi connectivity index (χ1n) is 11.4. The van der Waals surface area contributed by atoms with Crippen LogP contribution in [0.3, 0.4) is 0 Å². The fraction of sp³-hybridized carbons (Fsp3) is 0.385. The van der Waals surface area contributed by atoms with Crippen molar-refractivity contribution in [2.75, 3.05) is 26.2 Å². The molecule has 2 atom stereocenters. The Morgan fingerprint density at radius 2 is 1.88 bits per heavy atom. The van der Waals surface area contributed by atoms with Crippen molar-refractivity contribution >= 4 is 17.4 Å². The molecule has 1 unspecified atom stereocenters. The Kier molecular flexibility index (Phi) is 6.46. The molecule has 1 aromatic carbocycles. The molecule has 1 aromatic heterocycles. The second kappa shape index (κ2) is 9.63. The molecule has 2 aliphatic carbocycles. The third-order valence-corrected chi connectivity index (χ3v) is 7.43. The Hall–Kier alpha value is -2.38. The summed E-state index contributed by atoms with van der Waals surface area (Å²) in [5.74, 6) is 1.86. The van der Waals surface area contributed by atoms with Crippen molar-refractivity contribution in [3.05, 3.63) is 64.8 Å². The molecule has 2 heterocycles. The maximum Gasteiger partial charge on any atom is 0.153 e. The van der Waals surface area contributed by atoms with Crippen LogP contribution in [0.2, 0.25) is 0 Å². The highest BCUT2D eigenvalue weighted by Crippen LogP contribution is 2.46. The van der Waals surface area contributed by atoms with Crippen molar-refractivity contribution in [1.29, 1.82) is 0 Å². The molecule has 2 N–H and O–H groups in total. The molecule has 6 heteroatoms. The van der Waals surface area contributed by atoms with Crippen molar-refractivity contribution in [3.63, 3.8) is 0 Å². The number of thiophene rings is 1. The minimum Gasteiger partial charge on any atom is -0.508 e. The largest absolute Gasteiger partial charge is 0.508 e. The summed E-state index contributed by atoms with van der Waals surface area (Å²) in [6.07, 6.45) is 13.6. The number of likely N-dealkylation sites (tertiary alicyclic amines) is 1. The SMILES string of the molecule is Oc1ccc(-c2sc3c(c2OC2=CC[C@H](OCCN4CCCC4)C=C2)C=CC(O)C3)cc1. The molecule has 5 nitrogen and oxygen atoms in total. The summed E-state index contributed by atoms with van der Waals surface area (Å²) < 4.78 is 12.5. The number of hydrogen-bond acceptors (Lipinski definition) is 6. The van der Waals surface area contributed by atoms with Gasteiger partial charge in [0.25, 0.3) is 0 Å². The van der Waals surface area contributed by atoms with Gasteiger partial charge in [-0.25, -0.2) is 0 Å². The third kappa shape index (κ3) is 4.84. The van der Waals surface area contributed by atoms with Gasteiger partial charge in [-0.1, -0.05) is 18.2 Å². The first kappa shape index (κ1) is 21.5. The second-order valence-corrected chi connectivity index (χ2v) is 9.64. The van der Waals surface area contributed by atoms with Crippen LogP contribution in [0.1, 0.15) is 29.7 Å². The topological polar surface area (TPSA) is 62.2 Å². The second-order valence-electron chi connectivity index (χ2n) is 8.54. The van der Waals surface area contributed by atoms with Gasteiger partial charge in [0.1, 0.15) is 11.5 Å². The van der Waals surface area contributed by atoms with Crippen molar-refractivity contribution in [1.82, 2.24) is 4.90 Å². The number of nitrogens with zero attached hydrogens (tertiary/aromatic N) is 1. The van der Waals surface area contributed by atoms with Crippen LogP contribution in [0.4, 0.5) is 0 Å². The molecule has 0 bridgehead atoms. The molecule has 0 saturated carbocycles. The number of benzene rings is 1. The van der Waals surface area contributed by atoms with E-state index >= 15 is 0 Å². The monoisotopic (exact) mass is 451 g/mol. The van der Waals surface area contributed by atoms with Gasteiger partial charge in [-0.05, 0) is 74.3 Å². The van der Waals surface area contributed by atoms with E-state index < -0.39 is 6.10 Å². The molecule has 0 spiro atoms. The molecule has 1 fully saturated rings. The molecule has 2 aromatic rings. The van der Waals surface area contributed by atoms with Crippen LogP contribution in [0, 0.1) is 0 Å². The van der Waals surface area contributed by atoms with Gasteiger partial charge < -0.3 is 24.6 Å². The number of aromatic hydroxyl groups is 1. The lowest BCUT2D eigenvalue weighted by Crippen LogP contribution is -2.26. The zero-order valence-corrected chi connectivity index (χ0v) is 18.9. The fourth-order valence-electron chi connectivity index (χ4n) is 4.40. The Labute approximate surface area is 192 Å². The molecule has 0 amide bonds. The summed E-state index contributed by atoms with van der Waals surface area (Å²) in [5, 5.41) is 19.7. The summed E-state index contributed by atoms with van der Waals surface area (Å²) in [5.41, 5.74) is 2.02. The summed E-state index contributed by atoms with van der Waals surface area (Å²) in [6, 6.07) is 7.17. The van der Waals surface area contributed by atoms with E-state index in [-0.39, 0.29) is 11.9 Å². The molecule has 3 aliphatic rings. The minimum atomic E-state index is -0.464. The van der Waals surface area contributed by atoms with E-state index in [0.29, 0.717) is 6.42 Å². The van der Waals surface area contributed by atoms with E-state index in [1.165, 1.54) is 25.9 Å². The molecule has 5 rings (SSSR count). The molecular weight excluding hydrogens is 422 g/mol. The predicted octanol–water partition coefficient (Wildman–Crippen LogP) is 4.75. The minimum absolute atomic E-state index is 0.0907. The fourth-order valence-corrected chi connectivity index (χ4v) is 5.67. The van der Waals surface area contributed by atoms with Gasteiger partial charge in [0.2, 0.25) is 0 Å². The van der Waals surface area contributed by atoms with Gasteiger partial charge in [0.05, 0.1) is 23.7 Å². The molecule has 0 radical (unpaired) electrons. The summed E-state index contributed by atoms with van der Waals surface area (Å²) in [4.78, 5) is 4.58. The van der Waals surface area contributed by atoms with E-state index in [1.54, 1.807) is 23.5 Å². The number of aliphatic hydroxyl groups is 1. The highest BCUT2D eigenvalue weighted by Gasteiger charge is 2.24. The first-order chi connectivity index (χ1) is 15.7.